The maximum absolute atomic E-state index is 12.9. The lowest BCUT2D eigenvalue weighted by Gasteiger charge is -2.34. The van der Waals surface area contributed by atoms with Gasteiger partial charge in [-0.05, 0) is 63.0 Å². The minimum Gasteiger partial charge on any atom is -0.342 e. The molecule has 5 nitrogen and oxygen atoms in total. The Bertz CT molecular complexity index is 576. The van der Waals surface area contributed by atoms with Gasteiger partial charge in [-0.25, -0.2) is 4.39 Å². The van der Waals surface area contributed by atoms with Gasteiger partial charge in [0.25, 0.3) is 0 Å². The van der Waals surface area contributed by atoms with Crippen molar-refractivity contribution in [2.75, 3.05) is 31.5 Å². The highest BCUT2D eigenvalue weighted by Gasteiger charge is 2.31. The molecule has 6 heteroatoms. The summed E-state index contributed by atoms with van der Waals surface area (Å²) < 4.78 is 12.9. The summed E-state index contributed by atoms with van der Waals surface area (Å²) in [6, 6.07) is 5.78. The van der Waals surface area contributed by atoms with Crippen LogP contribution in [-0.4, -0.2) is 42.9 Å². The second-order valence-corrected chi connectivity index (χ2v) is 6.62. The van der Waals surface area contributed by atoms with Gasteiger partial charge in [-0.1, -0.05) is 0 Å². The van der Waals surface area contributed by atoms with E-state index in [4.69, 9.17) is 0 Å². The number of carbonyl (C=O) groups is 2. The van der Waals surface area contributed by atoms with Crippen LogP contribution in [0.1, 0.15) is 25.7 Å². The van der Waals surface area contributed by atoms with Crippen molar-refractivity contribution in [3.63, 3.8) is 0 Å². The van der Waals surface area contributed by atoms with E-state index in [2.05, 4.69) is 10.6 Å². The zero-order valence-corrected chi connectivity index (χ0v) is 13.8. The van der Waals surface area contributed by atoms with E-state index in [1.165, 1.54) is 12.1 Å². The summed E-state index contributed by atoms with van der Waals surface area (Å²) in [6.45, 7) is 3.11. The van der Waals surface area contributed by atoms with Gasteiger partial charge in [0.1, 0.15) is 5.82 Å². The summed E-state index contributed by atoms with van der Waals surface area (Å²) in [5.41, 5.74) is 0.606. The average Bonchev–Trinajstić information content (AvgIpc) is 2.64. The molecule has 0 unspecified atom stereocenters. The summed E-state index contributed by atoms with van der Waals surface area (Å²) >= 11 is 0. The molecule has 1 aromatic rings. The zero-order valence-electron chi connectivity index (χ0n) is 13.8. The number of nitrogens with one attached hydrogen (secondary N) is 2. The molecule has 130 valence electrons. The molecule has 0 aliphatic carbocycles. The van der Waals surface area contributed by atoms with Gasteiger partial charge in [-0.3, -0.25) is 9.59 Å². The Morgan fingerprint density at radius 1 is 1.00 bits per heavy atom. The van der Waals surface area contributed by atoms with Gasteiger partial charge < -0.3 is 15.5 Å². The molecule has 0 radical (unpaired) electrons. The van der Waals surface area contributed by atoms with Crippen LogP contribution in [0.5, 0.6) is 0 Å². The first kappa shape index (κ1) is 16.9. The number of nitrogens with zero attached hydrogens (tertiary/aromatic N) is 1. The summed E-state index contributed by atoms with van der Waals surface area (Å²) in [7, 11) is 0. The molecule has 2 aliphatic rings. The van der Waals surface area contributed by atoms with E-state index in [0.717, 1.165) is 25.9 Å². The van der Waals surface area contributed by atoms with Crippen LogP contribution < -0.4 is 10.6 Å². The number of piperidine rings is 2. The number of rotatable bonds is 3. The summed E-state index contributed by atoms with van der Waals surface area (Å²) in [5, 5.41) is 6.10. The standard InChI is InChI=1S/C18H24FN3O2/c19-15-1-3-16(4-2-15)21-17(23)13-7-11-22(12-8-13)18(24)14-5-9-20-10-6-14/h1-4,13-14,20H,5-12H2,(H,21,23). The van der Waals surface area contributed by atoms with E-state index in [1.54, 1.807) is 12.1 Å². The summed E-state index contributed by atoms with van der Waals surface area (Å²) in [5.74, 6) is -0.0786. The maximum Gasteiger partial charge on any atom is 0.227 e. The Morgan fingerprint density at radius 3 is 2.25 bits per heavy atom. The van der Waals surface area contributed by atoms with Crippen LogP contribution in [0.3, 0.4) is 0 Å². The molecule has 0 aromatic heterocycles. The number of benzene rings is 1. The molecule has 2 fully saturated rings. The Kier molecular flexibility index (Phi) is 5.45. The van der Waals surface area contributed by atoms with Gasteiger partial charge in [0.2, 0.25) is 11.8 Å². The Labute approximate surface area is 141 Å². The van der Waals surface area contributed by atoms with Crippen LogP contribution >= 0.6 is 0 Å². The molecule has 2 saturated heterocycles. The lowest BCUT2D eigenvalue weighted by atomic mass is 9.92. The van der Waals surface area contributed by atoms with E-state index in [9.17, 15) is 14.0 Å². The van der Waals surface area contributed by atoms with Gasteiger partial charge in [-0.2, -0.15) is 0 Å². The highest BCUT2D eigenvalue weighted by molar-refractivity contribution is 5.92. The van der Waals surface area contributed by atoms with Crippen molar-refractivity contribution in [1.82, 2.24) is 10.2 Å². The topological polar surface area (TPSA) is 61.4 Å². The first-order valence-corrected chi connectivity index (χ1v) is 8.69. The SMILES string of the molecule is O=C(Nc1ccc(F)cc1)C1CCN(C(=O)C2CCNCC2)CC1. The van der Waals surface area contributed by atoms with Crippen LogP contribution in [0.2, 0.25) is 0 Å². The van der Waals surface area contributed by atoms with Gasteiger partial charge in [0.05, 0.1) is 0 Å². The second-order valence-electron chi connectivity index (χ2n) is 6.62. The number of hydrogen-bond acceptors (Lipinski definition) is 3. The molecule has 0 bridgehead atoms. The fourth-order valence-corrected chi connectivity index (χ4v) is 3.47. The molecule has 2 aliphatic heterocycles. The van der Waals surface area contributed by atoms with Crippen LogP contribution in [0.25, 0.3) is 0 Å². The van der Waals surface area contributed by atoms with E-state index >= 15 is 0 Å². The summed E-state index contributed by atoms with van der Waals surface area (Å²) in [4.78, 5) is 26.7. The first-order valence-electron chi connectivity index (χ1n) is 8.69. The minimum absolute atomic E-state index is 0.0458. The molecule has 0 saturated carbocycles. The van der Waals surface area contributed by atoms with Crippen molar-refractivity contribution in [3.05, 3.63) is 30.1 Å². The number of carbonyl (C=O) groups excluding carboxylic acids is 2. The fourth-order valence-electron chi connectivity index (χ4n) is 3.47. The van der Waals surface area contributed by atoms with Gasteiger partial charge in [-0.15, -0.1) is 0 Å². The largest absolute Gasteiger partial charge is 0.342 e. The Morgan fingerprint density at radius 2 is 1.62 bits per heavy atom. The predicted molar refractivity (Wildman–Crippen MR) is 89.9 cm³/mol. The lowest BCUT2D eigenvalue weighted by molar-refractivity contribution is -0.139. The molecule has 3 rings (SSSR count). The number of amides is 2. The van der Waals surface area contributed by atoms with Crippen molar-refractivity contribution < 1.29 is 14.0 Å². The highest BCUT2D eigenvalue weighted by Crippen LogP contribution is 2.23. The van der Waals surface area contributed by atoms with Gasteiger partial charge in [0.15, 0.2) is 0 Å². The second kappa shape index (κ2) is 7.75. The molecule has 1 aromatic carbocycles. The molecule has 2 heterocycles. The van der Waals surface area contributed by atoms with Crippen LogP contribution in [0, 0.1) is 17.7 Å². The third-order valence-corrected chi connectivity index (χ3v) is 4.98. The molecule has 0 atom stereocenters. The minimum atomic E-state index is -0.322. The molecule has 0 spiro atoms. The Hall–Kier alpha value is -1.95. The molecule has 2 amide bonds. The van der Waals surface area contributed by atoms with Crippen LogP contribution in [-0.2, 0) is 9.59 Å². The van der Waals surface area contributed by atoms with Crippen molar-refractivity contribution in [3.8, 4) is 0 Å². The average molecular weight is 333 g/mol. The quantitative estimate of drug-likeness (QED) is 0.889. The third kappa shape index (κ3) is 4.12. The Balaban J connectivity index is 1.48. The van der Waals surface area contributed by atoms with E-state index in [0.29, 0.717) is 31.6 Å². The summed E-state index contributed by atoms with van der Waals surface area (Å²) in [6.07, 6.45) is 3.18. The number of halogens is 1. The van der Waals surface area contributed by atoms with Crippen molar-refractivity contribution in [2.24, 2.45) is 11.8 Å². The van der Waals surface area contributed by atoms with Crippen LogP contribution in [0.15, 0.2) is 24.3 Å². The highest BCUT2D eigenvalue weighted by atomic mass is 19.1. The normalized spacial score (nSPS) is 20.0. The van der Waals surface area contributed by atoms with Crippen molar-refractivity contribution in [1.29, 1.82) is 0 Å². The maximum atomic E-state index is 12.9. The number of hydrogen-bond donors (Lipinski definition) is 2. The van der Waals surface area contributed by atoms with E-state index in [1.807, 2.05) is 4.90 Å². The van der Waals surface area contributed by atoms with Gasteiger partial charge in [0, 0.05) is 30.6 Å². The van der Waals surface area contributed by atoms with Crippen molar-refractivity contribution >= 4 is 17.5 Å². The van der Waals surface area contributed by atoms with Gasteiger partial charge >= 0.3 is 0 Å². The van der Waals surface area contributed by atoms with E-state index in [-0.39, 0.29) is 29.5 Å². The smallest absolute Gasteiger partial charge is 0.227 e. The first-order chi connectivity index (χ1) is 11.6. The molecular weight excluding hydrogens is 309 g/mol. The molecule has 2 N–H and O–H groups in total. The third-order valence-electron chi connectivity index (χ3n) is 4.98. The lowest BCUT2D eigenvalue weighted by Crippen LogP contribution is -2.46. The van der Waals surface area contributed by atoms with Crippen molar-refractivity contribution in [2.45, 2.75) is 25.7 Å². The van der Waals surface area contributed by atoms with E-state index < -0.39 is 0 Å². The number of likely N-dealkylation sites (tertiary alicyclic amines) is 1. The zero-order chi connectivity index (χ0) is 16.9. The molecular formula is C18H24FN3O2. The monoisotopic (exact) mass is 333 g/mol. The number of anilines is 1. The molecule has 24 heavy (non-hydrogen) atoms. The van der Waals surface area contributed by atoms with Crippen LogP contribution in [0.4, 0.5) is 10.1 Å². The predicted octanol–water partition coefficient (Wildman–Crippen LogP) is 2.00. The fraction of sp³-hybridized carbons (Fsp3) is 0.556.